The van der Waals surface area contributed by atoms with Gasteiger partial charge in [0.25, 0.3) is 0 Å². The molecule has 0 aliphatic heterocycles. The highest BCUT2D eigenvalue weighted by molar-refractivity contribution is 6.35. The average molecular weight is 535 g/mol. The third kappa shape index (κ3) is 3.21. The Kier molecular flexibility index (Phi) is 5.08. The summed E-state index contributed by atoms with van der Waals surface area (Å²) < 4.78 is 46.3. The van der Waals surface area contributed by atoms with Gasteiger partial charge in [-0.25, -0.2) is 0 Å². The molecular formula is C32H30ClF3N2. The molecule has 2 nitrogen and oxygen atoms in total. The van der Waals surface area contributed by atoms with Crippen LogP contribution in [0.4, 0.5) is 13.2 Å². The van der Waals surface area contributed by atoms with Crippen molar-refractivity contribution in [3.8, 4) is 16.8 Å². The van der Waals surface area contributed by atoms with Crippen LogP contribution >= 0.6 is 11.6 Å². The van der Waals surface area contributed by atoms with Gasteiger partial charge in [-0.3, -0.25) is 4.57 Å². The van der Waals surface area contributed by atoms with Gasteiger partial charge in [0, 0.05) is 23.3 Å². The molecule has 0 spiro atoms. The molecule has 0 saturated heterocycles. The topological polar surface area (TPSA) is 9.34 Å². The van der Waals surface area contributed by atoms with E-state index in [1.807, 2.05) is 53.1 Å². The Morgan fingerprint density at radius 3 is 2.16 bits per heavy atom. The number of benzene rings is 3. The molecule has 0 fully saturated rings. The Hall–Kier alpha value is -3.18. The number of rotatable bonds is 2. The summed E-state index contributed by atoms with van der Waals surface area (Å²) in [5, 5.41) is 1.29. The monoisotopic (exact) mass is 534 g/mol. The molecular weight excluding hydrogens is 505 g/mol. The summed E-state index contributed by atoms with van der Waals surface area (Å²) in [6, 6.07) is 18.2. The number of aromatic nitrogens is 2. The summed E-state index contributed by atoms with van der Waals surface area (Å²) in [4.78, 5) is 0. The van der Waals surface area contributed by atoms with Crippen LogP contribution < -0.4 is 0 Å². The summed E-state index contributed by atoms with van der Waals surface area (Å²) >= 11 is 6.99. The third-order valence-corrected chi connectivity index (χ3v) is 10.2. The highest BCUT2D eigenvalue weighted by atomic mass is 35.5. The van der Waals surface area contributed by atoms with E-state index in [0.717, 1.165) is 28.2 Å². The lowest BCUT2D eigenvalue weighted by molar-refractivity contribution is -0.137. The molecule has 2 heterocycles. The van der Waals surface area contributed by atoms with Crippen molar-refractivity contribution in [3.63, 3.8) is 0 Å². The zero-order valence-corrected chi connectivity index (χ0v) is 23.1. The molecule has 1 aliphatic rings. The minimum absolute atomic E-state index is 0.0580. The fourth-order valence-electron chi connectivity index (χ4n) is 6.30. The first-order valence-electron chi connectivity index (χ1n) is 12.8. The molecule has 0 atom stereocenters. The maximum Gasteiger partial charge on any atom is 0.416 e. The number of halogens is 4. The van der Waals surface area contributed by atoms with Crippen LogP contribution in [0.3, 0.4) is 0 Å². The van der Waals surface area contributed by atoms with Crippen LogP contribution in [0.5, 0.6) is 0 Å². The van der Waals surface area contributed by atoms with Crippen molar-refractivity contribution in [1.29, 1.82) is 0 Å². The summed E-state index contributed by atoms with van der Waals surface area (Å²) in [5.41, 5.74) is 4.41. The number of nitrogens with zero attached hydrogens (tertiary/aromatic N) is 2. The van der Waals surface area contributed by atoms with Gasteiger partial charge in [0.1, 0.15) is 5.65 Å². The summed E-state index contributed by atoms with van der Waals surface area (Å²) in [6.07, 6.45) is -0.899. The SMILES string of the molecule is CC1(C)c2ccc(-c3cc(C(F)(F)F)cc(-n4ccn5c6ccccc6cc45)c3Cl)cc2C(C)(C)C1(C)C. The Morgan fingerprint density at radius 1 is 0.763 bits per heavy atom. The van der Waals surface area contributed by atoms with Gasteiger partial charge in [-0.2, -0.15) is 13.2 Å². The molecule has 6 rings (SSSR count). The van der Waals surface area contributed by atoms with Crippen LogP contribution in [0.2, 0.25) is 5.02 Å². The van der Waals surface area contributed by atoms with Crippen molar-refractivity contribution in [3.05, 3.63) is 94.8 Å². The number of fused-ring (bicyclic) bond motifs is 4. The van der Waals surface area contributed by atoms with E-state index in [1.165, 1.54) is 11.6 Å². The molecule has 0 amide bonds. The largest absolute Gasteiger partial charge is 0.416 e. The first kappa shape index (κ1) is 25.1. The first-order chi connectivity index (χ1) is 17.7. The van der Waals surface area contributed by atoms with Crippen molar-refractivity contribution in [2.75, 3.05) is 0 Å². The third-order valence-electron chi connectivity index (χ3n) is 9.78. The molecule has 2 aromatic heterocycles. The second kappa shape index (κ2) is 7.69. The quantitative estimate of drug-likeness (QED) is 0.213. The molecule has 0 radical (unpaired) electrons. The number of alkyl halides is 3. The van der Waals surface area contributed by atoms with E-state index >= 15 is 0 Å². The Labute approximate surface area is 225 Å². The molecule has 0 N–H and O–H groups in total. The van der Waals surface area contributed by atoms with Crippen LogP contribution in [0.1, 0.15) is 58.2 Å². The van der Waals surface area contributed by atoms with E-state index in [4.69, 9.17) is 11.6 Å². The van der Waals surface area contributed by atoms with Crippen molar-refractivity contribution < 1.29 is 13.2 Å². The van der Waals surface area contributed by atoms with Crippen LogP contribution in [0, 0.1) is 5.41 Å². The molecule has 196 valence electrons. The molecule has 1 aliphatic carbocycles. The van der Waals surface area contributed by atoms with Crippen LogP contribution in [-0.4, -0.2) is 8.97 Å². The minimum Gasteiger partial charge on any atom is -0.301 e. The average Bonchev–Trinajstić information content (AvgIpc) is 3.44. The second-order valence-electron chi connectivity index (χ2n) is 12.1. The van der Waals surface area contributed by atoms with Gasteiger partial charge in [-0.1, -0.05) is 89.5 Å². The number of hydrogen-bond acceptors (Lipinski definition) is 0. The van der Waals surface area contributed by atoms with E-state index in [1.54, 1.807) is 10.8 Å². The van der Waals surface area contributed by atoms with E-state index in [0.29, 0.717) is 16.8 Å². The highest BCUT2D eigenvalue weighted by Gasteiger charge is 2.56. The Balaban J connectivity index is 1.61. The van der Waals surface area contributed by atoms with Crippen molar-refractivity contribution >= 4 is 28.2 Å². The second-order valence-corrected chi connectivity index (χ2v) is 12.5. The number of para-hydroxylation sites is 1. The molecule has 0 unspecified atom stereocenters. The lowest BCUT2D eigenvalue weighted by Gasteiger charge is -2.44. The van der Waals surface area contributed by atoms with Gasteiger partial charge in [0.2, 0.25) is 0 Å². The van der Waals surface area contributed by atoms with Gasteiger partial charge >= 0.3 is 6.18 Å². The van der Waals surface area contributed by atoms with Crippen molar-refractivity contribution in [2.24, 2.45) is 5.41 Å². The zero-order valence-electron chi connectivity index (χ0n) is 22.3. The normalized spacial score (nSPS) is 17.8. The molecule has 3 aromatic carbocycles. The molecule has 38 heavy (non-hydrogen) atoms. The summed E-state index contributed by atoms with van der Waals surface area (Å²) in [7, 11) is 0. The lowest BCUT2D eigenvalue weighted by atomic mass is 9.59. The van der Waals surface area contributed by atoms with E-state index in [-0.39, 0.29) is 21.3 Å². The lowest BCUT2D eigenvalue weighted by Crippen LogP contribution is -2.42. The number of imidazole rings is 1. The predicted octanol–water partition coefficient (Wildman–Crippen LogP) is 9.82. The molecule has 0 saturated carbocycles. The molecule has 6 heteroatoms. The molecule has 5 aromatic rings. The smallest absolute Gasteiger partial charge is 0.301 e. The van der Waals surface area contributed by atoms with E-state index in [2.05, 4.69) is 47.6 Å². The van der Waals surface area contributed by atoms with Gasteiger partial charge < -0.3 is 4.40 Å². The molecule has 0 bridgehead atoms. The summed E-state index contributed by atoms with van der Waals surface area (Å²) in [5.74, 6) is 0. The predicted molar refractivity (Wildman–Crippen MR) is 150 cm³/mol. The standard InChI is InChI=1S/C32H30ClF3N2/c1-29(2)23-12-11-19(15-24(23)30(3,4)31(29,5)6)22-17-21(32(34,35)36)18-26(28(22)33)38-14-13-37-25-10-8-7-9-20(25)16-27(37)38/h7-18H,1-6H3. The van der Waals surface area contributed by atoms with Gasteiger partial charge in [-0.15, -0.1) is 0 Å². The Morgan fingerprint density at radius 2 is 1.45 bits per heavy atom. The number of hydrogen-bond donors (Lipinski definition) is 0. The van der Waals surface area contributed by atoms with Crippen molar-refractivity contribution in [1.82, 2.24) is 8.97 Å². The van der Waals surface area contributed by atoms with Crippen LogP contribution in [-0.2, 0) is 17.0 Å². The maximum absolute atomic E-state index is 14.2. The fourth-order valence-corrected chi connectivity index (χ4v) is 6.61. The van der Waals surface area contributed by atoms with Gasteiger partial charge in [0.15, 0.2) is 0 Å². The van der Waals surface area contributed by atoms with Crippen LogP contribution in [0.25, 0.3) is 33.4 Å². The zero-order chi connectivity index (χ0) is 27.4. The minimum atomic E-state index is -4.52. The Bertz CT molecular complexity index is 1750. The van der Waals surface area contributed by atoms with Crippen molar-refractivity contribution in [2.45, 2.75) is 58.5 Å². The fraction of sp³-hybridized carbons (Fsp3) is 0.312. The highest BCUT2D eigenvalue weighted by Crippen LogP contribution is 2.62. The van der Waals surface area contributed by atoms with Gasteiger partial charge in [-0.05, 0) is 57.2 Å². The van der Waals surface area contributed by atoms with Crippen LogP contribution in [0.15, 0.2) is 73.1 Å². The van der Waals surface area contributed by atoms with Gasteiger partial charge in [0.05, 0.1) is 21.8 Å². The first-order valence-corrected chi connectivity index (χ1v) is 13.2. The van der Waals surface area contributed by atoms with E-state index < -0.39 is 11.7 Å². The maximum atomic E-state index is 14.2. The van der Waals surface area contributed by atoms with E-state index in [9.17, 15) is 13.2 Å². The summed E-state index contributed by atoms with van der Waals surface area (Å²) in [6.45, 7) is 13.5.